The van der Waals surface area contributed by atoms with Gasteiger partial charge >= 0.3 is 0 Å². The average molecular weight is 250 g/mol. The first kappa shape index (κ1) is 14.4. The van der Waals surface area contributed by atoms with E-state index in [9.17, 15) is 4.79 Å². The van der Waals surface area contributed by atoms with E-state index in [-0.39, 0.29) is 11.9 Å². The van der Waals surface area contributed by atoms with Gasteiger partial charge in [0.05, 0.1) is 0 Å². The predicted octanol–water partition coefficient (Wildman–Crippen LogP) is 1.94. The summed E-state index contributed by atoms with van der Waals surface area (Å²) in [5.74, 6) is 0.813. The summed E-state index contributed by atoms with van der Waals surface area (Å²) >= 11 is 0. The van der Waals surface area contributed by atoms with Crippen molar-refractivity contribution in [2.75, 3.05) is 19.4 Å². The molecule has 0 aliphatic heterocycles. The fourth-order valence-corrected chi connectivity index (χ4v) is 1.60. The van der Waals surface area contributed by atoms with Gasteiger partial charge in [0.2, 0.25) is 5.95 Å². The summed E-state index contributed by atoms with van der Waals surface area (Å²) < 4.78 is 0. The molecule has 0 saturated heterocycles. The van der Waals surface area contributed by atoms with Gasteiger partial charge in [-0.1, -0.05) is 13.8 Å². The van der Waals surface area contributed by atoms with E-state index < -0.39 is 0 Å². The van der Waals surface area contributed by atoms with Crippen LogP contribution in [0.3, 0.4) is 0 Å². The van der Waals surface area contributed by atoms with Crippen LogP contribution in [0.1, 0.15) is 37.0 Å². The molecule has 1 heterocycles. The van der Waals surface area contributed by atoms with Gasteiger partial charge < -0.3 is 10.2 Å². The number of carbonyl (C=O) groups is 1. The van der Waals surface area contributed by atoms with E-state index in [1.165, 1.54) is 0 Å². The zero-order valence-electron chi connectivity index (χ0n) is 12.0. The Hall–Kier alpha value is -1.65. The first-order valence-corrected chi connectivity index (χ1v) is 6.17. The molecule has 1 N–H and O–H groups in total. The molecule has 1 rings (SSSR count). The maximum atomic E-state index is 12.3. The standard InChI is InChI=1S/C13H22N4O/c1-8(2)10(4)17(6)12(18)11-7-9(3)15-13(14-5)16-11/h7-8,10H,1-6H3,(H,14,15,16). The third-order valence-corrected chi connectivity index (χ3v) is 3.19. The summed E-state index contributed by atoms with van der Waals surface area (Å²) in [5.41, 5.74) is 1.21. The minimum absolute atomic E-state index is 0.0711. The lowest BCUT2D eigenvalue weighted by molar-refractivity contribution is 0.0701. The van der Waals surface area contributed by atoms with Crippen LogP contribution in [-0.4, -0.2) is 40.9 Å². The number of hydrogen-bond donors (Lipinski definition) is 1. The summed E-state index contributed by atoms with van der Waals surface area (Å²) in [7, 11) is 3.55. The monoisotopic (exact) mass is 250 g/mol. The lowest BCUT2D eigenvalue weighted by atomic mass is 10.0. The van der Waals surface area contributed by atoms with Gasteiger partial charge in [0.15, 0.2) is 0 Å². The minimum Gasteiger partial charge on any atom is -0.357 e. The van der Waals surface area contributed by atoms with E-state index in [2.05, 4.69) is 29.1 Å². The number of anilines is 1. The molecule has 0 aliphatic carbocycles. The van der Waals surface area contributed by atoms with Crippen LogP contribution in [0.15, 0.2) is 6.07 Å². The third-order valence-electron chi connectivity index (χ3n) is 3.19. The summed E-state index contributed by atoms with van der Waals surface area (Å²) in [5, 5.41) is 2.86. The van der Waals surface area contributed by atoms with Gasteiger partial charge in [-0.15, -0.1) is 0 Å². The molecule has 1 atom stereocenters. The highest BCUT2D eigenvalue weighted by atomic mass is 16.2. The topological polar surface area (TPSA) is 58.1 Å². The van der Waals surface area contributed by atoms with Crippen LogP contribution in [0.2, 0.25) is 0 Å². The molecule has 1 aromatic heterocycles. The smallest absolute Gasteiger partial charge is 0.272 e. The van der Waals surface area contributed by atoms with E-state index in [0.29, 0.717) is 17.6 Å². The van der Waals surface area contributed by atoms with Gasteiger partial charge in [-0.05, 0) is 25.8 Å². The highest BCUT2D eigenvalue weighted by Gasteiger charge is 2.21. The van der Waals surface area contributed by atoms with Gasteiger partial charge in [0.1, 0.15) is 5.69 Å². The van der Waals surface area contributed by atoms with Crippen molar-refractivity contribution in [1.82, 2.24) is 14.9 Å². The minimum atomic E-state index is -0.0711. The molecule has 0 spiro atoms. The molecule has 5 nitrogen and oxygen atoms in total. The van der Waals surface area contributed by atoms with E-state index in [0.717, 1.165) is 5.69 Å². The molecule has 1 aromatic rings. The molecule has 100 valence electrons. The van der Waals surface area contributed by atoms with Crippen molar-refractivity contribution in [3.63, 3.8) is 0 Å². The molecule has 1 unspecified atom stereocenters. The number of nitrogens with zero attached hydrogens (tertiary/aromatic N) is 3. The van der Waals surface area contributed by atoms with Crippen LogP contribution >= 0.6 is 0 Å². The zero-order valence-corrected chi connectivity index (χ0v) is 12.0. The molecule has 0 radical (unpaired) electrons. The molecule has 0 aromatic carbocycles. The maximum absolute atomic E-state index is 12.3. The van der Waals surface area contributed by atoms with Crippen molar-refractivity contribution in [3.8, 4) is 0 Å². The normalized spacial score (nSPS) is 12.4. The van der Waals surface area contributed by atoms with Crippen LogP contribution in [0, 0.1) is 12.8 Å². The lowest BCUT2D eigenvalue weighted by Crippen LogP contribution is -2.38. The highest BCUT2D eigenvalue weighted by molar-refractivity contribution is 5.92. The van der Waals surface area contributed by atoms with E-state index >= 15 is 0 Å². The first-order valence-electron chi connectivity index (χ1n) is 6.17. The summed E-state index contributed by atoms with van der Waals surface area (Å²) in [4.78, 5) is 22.4. The number of hydrogen-bond acceptors (Lipinski definition) is 4. The van der Waals surface area contributed by atoms with Gasteiger partial charge in [0, 0.05) is 25.8 Å². The number of aromatic nitrogens is 2. The van der Waals surface area contributed by atoms with Crippen molar-refractivity contribution in [2.45, 2.75) is 33.7 Å². The molecule has 1 amide bonds. The Morgan fingerprint density at radius 1 is 1.33 bits per heavy atom. The van der Waals surface area contributed by atoms with Crippen LogP contribution in [0.4, 0.5) is 5.95 Å². The second kappa shape index (κ2) is 5.80. The summed E-state index contributed by atoms with van der Waals surface area (Å²) in [6, 6.07) is 1.89. The lowest BCUT2D eigenvalue weighted by Gasteiger charge is -2.27. The first-order chi connectivity index (χ1) is 8.36. The third kappa shape index (κ3) is 3.18. The maximum Gasteiger partial charge on any atom is 0.272 e. The Bertz CT molecular complexity index is 431. The zero-order chi connectivity index (χ0) is 13.9. The van der Waals surface area contributed by atoms with Crippen molar-refractivity contribution in [3.05, 3.63) is 17.5 Å². The Labute approximate surface area is 109 Å². The number of amides is 1. The second-order valence-corrected chi connectivity index (χ2v) is 4.87. The second-order valence-electron chi connectivity index (χ2n) is 4.87. The molecule has 0 saturated carbocycles. The van der Waals surface area contributed by atoms with Crippen LogP contribution in [-0.2, 0) is 0 Å². The molecular weight excluding hydrogens is 228 g/mol. The van der Waals surface area contributed by atoms with E-state index in [1.807, 2.05) is 20.9 Å². The summed E-state index contributed by atoms with van der Waals surface area (Å²) in [6.07, 6.45) is 0. The van der Waals surface area contributed by atoms with E-state index in [1.54, 1.807) is 18.0 Å². The Balaban J connectivity index is 3.00. The van der Waals surface area contributed by atoms with Crippen LogP contribution in [0.5, 0.6) is 0 Å². The SMILES string of the molecule is CNc1nc(C)cc(C(=O)N(C)C(C)C(C)C)n1. The van der Waals surface area contributed by atoms with Crippen LogP contribution < -0.4 is 5.32 Å². The number of aryl methyl sites for hydroxylation is 1. The van der Waals surface area contributed by atoms with Crippen molar-refractivity contribution < 1.29 is 4.79 Å². The van der Waals surface area contributed by atoms with Crippen molar-refractivity contribution in [1.29, 1.82) is 0 Å². The predicted molar refractivity (Wildman–Crippen MR) is 72.7 cm³/mol. The number of rotatable bonds is 4. The van der Waals surface area contributed by atoms with Gasteiger partial charge in [-0.25, -0.2) is 9.97 Å². The molecule has 0 aliphatic rings. The molecule has 18 heavy (non-hydrogen) atoms. The molecular formula is C13H22N4O. The Kier molecular flexibility index (Phi) is 4.64. The van der Waals surface area contributed by atoms with Gasteiger partial charge in [-0.3, -0.25) is 4.79 Å². The fraction of sp³-hybridized carbons (Fsp3) is 0.615. The van der Waals surface area contributed by atoms with Gasteiger partial charge in [0.25, 0.3) is 5.91 Å². The largest absolute Gasteiger partial charge is 0.357 e. The Morgan fingerprint density at radius 3 is 2.44 bits per heavy atom. The number of nitrogens with one attached hydrogen (secondary N) is 1. The van der Waals surface area contributed by atoms with Crippen molar-refractivity contribution >= 4 is 11.9 Å². The average Bonchev–Trinajstić information content (AvgIpc) is 2.34. The molecule has 0 fully saturated rings. The Morgan fingerprint density at radius 2 is 1.94 bits per heavy atom. The molecule has 0 bridgehead atoms. The highest BCUT2D eigenvalue weighted by Crippen LogP contribution is 2.13. The van der Waals surface area contributed by atoms with Crippen LogP contribution in [0.25, 0.3) is 0 Å². The van der Waals surface area contributed by atoms with Crippen molar-refractivity contribution in [2.24, 2.45) is 5.92 Å². The number of carbonyl (C=O) groups excluding carboxylic acids is 1. The summed E-state index contributed by atoms with van der Waals surface area (Å²) in [6.45, 7) is 8.08. The van der Waals surface area contributed by atoms with Gasteiger partial charge in [-0.2, -0.15) is 0 Å². The quantitative estimate of drug-likeness (QED) is 0.887. The van der Waals surface area contributed by atoms with E-state index in [4.69, 9.17) is 0 Å². The fourth-order valence-electron chi connectivity index (χ4n) is 1.60. The molecule has 5 heteroatoms.